The van der Waals surface area contributed by atoms with Crippen molar-refractivity contribution in [2.24, 2.45) is 10.2 Å². The lowest BCUT2D eigenvalue weighted by atomic mass is 9.89. The maximum atomic E-state index is 6.39. The Balaban J connectivity index is 0.000000107. The van der Waals surface area contributed by atoms with Crippen molar-refractivity contribution in [2.45, 2.75) is 12.5 Å². The third-order valence-electron chi connectivity index (χ3n) is 24.0. The fourth-order valence-corrected chi connectivity index (χ4v) is 18.3. The fourth-order valence-electron chi connectivity index (χ4n) is 18.3. The van der Waals surface area contributed by atoms with Crippen LogP contribution in [0.1, 0.15) is 23.6 Å². The molecular formula is C112H70N10O. The van der Waals surface area contributed by atoms with E-state index in [0.717, 1.165) is 153 Å². The molecule has 0 N–H and O–H groups in total. The number of ether oxygens (including phenoxy) is 1. The van der Waals surface area contributed by atoms with Gasteiger partial charge in [-0.3, -0.25) is 24.9 Å². The molecule has 0 radical (unpaired) electrons. The molecule has 11 heteroatoms. The van der Waals surface area contributed by atoms with E-state index in [-0.39, 0.29) is 0 Å². The van der Waals surface area contributed by atoms with E-state index >= 15 is 0 Å². The van der Waals surface area contributed by atoms with Crippen LogP contribution in [-0.2, 0) is 4.74 Å². The SMILES string of the molecule is c1ccc(-c2cnc3c4ccccc4c4cc(-c5cc6ccccc6cn5)c5ccccc5c4c3c2)cc1.c1ccc(-c2cnc3c4ccccc4c4cc(-c5nc(-c6ccccc6)nc(-c6ccccc6)n5)c5ccccc5c4c3c2)cc1.c1ccc(-c2cnc3c4ccccc4c4cc(C5N=NC(c6ccncc6)O5)c5ccccc5c4c3c2)cc1. The third-order valence-corrected chi connectivity index (χ3v) is 24.0. The van der Waals surface area contributed by atoms with Crippen molar-refractivity contribution in [3.05, 3.63) is 424 Å². The van der Waals surface area contributed by atoms with E-state index in [1.807, 2.05) is 110 Å². The van der Waals surface area contributed by atoms with Gasteiger partial charge in [0.1, 0.15) is 0 Å². The highest BCUT2D eigenvalue weighted by molar-refractivity contribution is 6.35. The van der Waals surface area contributed by atoms with Gasteiger partial charge in [-0.2, -0.15) is 10.2 Å². The van der Waals surface area contributed by atoms with Gasteiger partial charge in [-0.1, -0.05) is 322 Å². The average molecular weight is 1570 g/mol. The molecule has 2 unspecified atom stereocenters. The number of fused-ring (bicyclic) bond motifs is 25. The van der Waals surface area contributed by atoms with Gasteiger partial charge in [0.25, 0.3) is 0 Å². The first-order valence-corrected chi connectivity index (χ1v) is 41.3. The zero-order chi connectivity index (χ0) is 81.3. The Hall–Kier alpha value is -16.3. The van der Waals surface area contributed by atoms with Crippen molar-refractivity contribution in [1.82, 2.24) is 39.9 Å². The van der Waals surface area contributed by atoms with Crippen LogP contribution in [0.25, 0.3) is 219 Å². The molecule has 1 aliphatic heterocycles. The number of pyridine rings is 5. The van der Waals surface area contributed by atoms with Crippen molar-refractivity contribution in [3.63, 3.8) is 0 Å². The Morgan fingerprint density at radius 2 is 0.553 bits per heavy atom. The first kappa shape index (κ1) is 71.9. The zero-order valence-corrected chi connectivity index (χ0v) is 66.3. The number of hydrogen-bond acceptors (Lipinski definition) is 11. The first-order valence-electron chi connectivity index (χ1n) is 41.3. The first-order chi connectivity index (χ1) is 61.0. The van der Waals surface area contributed by atoms with Gasteiger partial charge in [-0.15, -0.1) is 0 Å². The summed E-state index contributed by atoms with van der Waals surface area (Å²) >= 11 is 0. The van der Waals surface area contributed by atoms with Crippen LogP contribution < -0.4 is 0 Å². The van der Waals surface area contributed by atoms with Crippen molar-refractivity contribution in [2.75, 3.05) is 0 Å². The average Bonchev–Trinajstić information content (AvgIpc) is 1.01. The minimum Gasteiger partial charge on any atom is -0.319 e. The van der Waals surface area contributed by atoms with Gasteiger partial charge < -0.3 is 4.74 Å². The number of nitrogens with zero attached hydrogens (tertiary/aromatic N) is 10. The lowest BCUT2D eigenvalue weighted by molar-refractivity contribution is 0.0337. The molecule has 24 aromatic rings. The Morgan fingerprint density at radius 1 is 0.211 bits per heavy atom. The Morgan fingerprint density at radius 3 is 1.01 bits per heavy atom. The Bertz CT molecular complexity index is 8300. The van der Waals surface area contributed by atoms with Crippen LogP contribution in [0.3, 0.4) is 0 Å². The molecule has 0 amide bonds. The van der Waals surface area contributed by atoms with E-state index in [2.05, 4.69) is 306 Å². The Kier molecular flexibility index (Phi) is 17.9. The van der Waals surface area contributed by atoms with Crippen molar-refractivity contribution in [3.8, 4) is 78.8 Å². The molecule has 0 saturated heterocycles. The second-order valence-electron chi connectivity index (χ2n) is 31.1. The summed E-state index contributed by atoms with van der Waals surface area (Å²) in [6.45, 7) is 0. The van der Waals surface area contributed by atoms with E-state index in [0.29, 0.717) is 17.5 Å². The van der Waals surface area contributed by atoms with Gasteiger partial charge in [0.05, 0.1) is 22.2 Å². The van der Waals surface area contributed by atoms with Gasteiger partial charge in [0, 0.05) is 125 Å². The number of hydrogen-bond donors (Lipinski definition) is 0. The van der Waals surface area contributed by atoms with Crippen LogP contribution in [-0.4, -0.2) is 39.9 Å². The molecule has 6 aromatic heterocycles. The van der Waals surface area contributed by atoms with Crippen LogP contribution in [0.15, 0.2) is 424 Å². The van der Waals surface area contributed by atoms with Crippen LogP contribution in [0.5, 0.6) is 0 Å². The molecular weight excluding hydrogens is 1500 g/mol. The molecule has 0 saturated carbocycles. The van der Waals surface area contributed by atoms with E-state index < -0.39 is 12.5 Å². The molecule has 2 atom stereocenters. The molecule has 0 aliphatic carbocycles. The fraction of sp³-hybridized carbons (Fsp3) is 0.0179. The maximum absolute atomic E-state index is 6.39. The summed E-state index contributed by atoms with van der Waals surface area (Å²) in [7, 11) is 0. The number of benzene rings is 18. The quantitative estimate of drug-likeness (QED) is 0.129. The molecule has 1 aliphatic rings. The third kappa shape index (κ3) is 12.8. The molecule has 18 aromatic carbocycles. The summed E-state index contributed by atoms with van der Waals surface area (Å²) in [5.41, 5.74) is 16.8. The maximum Gasteiger partial charge on any atom is 0.197 e. The van der Waals surface area contributed by atoms with E-state index in [9.17, 15) is 0 Å². The molecule has 25 rings (SSSR count). The van der Waals surface area contributed by atoms with E-state index in [1.54, 1.807) is 12.4 Å². The van der Waals surface area contributed by atoms with Crippen LogP contribution in [0.2, 0.25) is 0 Å². The monoisotopic (exact) mass is 1570 g/mol. The number of azo groups is 1. The van der Waals surface area contributed by atoms with Gasteiger partial charge in [0.15, 0.2) is 29.9 Å². The van der Waals surface area contributed by atoms with Crippen molar-refractivity contribution >= 4 is 140 Å². The van der Waals surface area contributed by atoms with Gasteiger partial charge in [0.2, 0.25) is 0 Å². The lowest BCUT2D eigenvalue weighted by Crippen LogP contribution is -2.02. The number of aromatic nitrogens is 8. The molecule has 123 heavy (non-hydrogen) atoms. The van der Waals surface area contributed by atoms with Crippen molar-refractivity contribution in [1.29, 1.82) is 0 Å². The molecule has 574 valence electrons. The summed E-state index contributed by atoms with van der Waals surface area (Å²) in [5.74, 6) is 1.94. The van der Waals surface area contributed by atoms with Crippen LogP contribution in [0, 0.1) is 0 Å². The zero-order valence-electron chi connectivity index (χ0n) is 66.3. The summed E-state index contributed by atoms with van der Waals surface area (Å²) in [5, 5.41) is 35.8. The minimum atomic E-state index is -0.499. The van der Waals surface area contributed by atoms with Gasteiger partial charge in [-0.05, 0) is 157 Å². The second-order valence-corrected chi connectivity index (χ2v) is 31.1. The number of rotatable bonds is 9. The van der Waals surface area contributed by atoms with Crippen molar-refractivity contribution < 1.29 is 4.74 Å². The second kappa shape index (κ2) is 30.5. The predicted octanol–water partition coefficient (Wildman–Crippen LogP) is 29.1. The molecule has 0 spiro atoms. The normalized spacial score (nSPS) is 13.3. The van der Waals surface area contributed by atoms with Gasteiger partial charge >= 0.3 is 0 Å². The smallest absolute Gasteiger partial charge is 0.197 e. The minimum absolute atomic E-state index is 0.446. The lowest BCUT2D eigenvalue weighted by Gasteiger charge is -2.18. The summed E-state index contributed by atoms with van der Waals surface area (Å²) in [6.07, 6.45) is 10.5. The topological polar surface area (TPSA) is 137 Å². The molecule has 7 heterocycles. The molecule has 0 fully saturated rings. The van der Waals surface area contributed by atoms with Gasteiger partial charge in [-0.25, -0.2) is 15.0 Å². The highest BCUT2D eigenvalue weighted by atomic mass is 16.5. The van der Waals surface area contributed by atoms with Crippen LogP contribution in [0.4, 0.5) is 0 Å². The van der Waals surface area contributed by atoms with E-state index in [4.69, 9.17) is 39.6 Å². The summed E-state index contributed by atoms with van der Waals surface area (Å²) in [6, 6.07) is 131. The largest absolute Gasteiger partial charge is 0.319 e. The predicted molar refractivity (Wildman–Crippen MR) is 505 cm³/mol. The summed E-state index contributed by atoms with van der Waals surface area (Å²) < 4.78 is 6.39. The highest BCUT2D eigenvalue weighted by Gasteiger charge is 2.29. The Labute approximate surface area is 706 Å². The van der Waals surface area contributed by atoms with E-state index in [1.165, 1.54) is 59.4 Å². The summed E-state index contributed by atoms with van der Waals surface area (Å²) in [4.78, 5) is 39.4. The van der Waals surface area contributed by atoms with Crippen LogP contribution >= 0.6 is 0 Å². The molecule has 0 bridgehead atoms. The highest BCUT2D eigenvalue weighted by Crippen LogP contribution is 2.49. The standard InChI is InChI=1S/C42H26N4.C36H22N2.C34H22N4O/c1-4-14-27(15-5-1)30-24-37-38-33-22-12-10-20-31(33)36(25-35(38)32-21-11-13-23-34(32)39(37)43-26-30)42-45-40(28-16-6-2-7-17-28)44-41(46-42)29-18-8-3-9-19-29;1-2-10-23(11-3-1)26-18-33-35-29-16-8-6-14-27(29)31(34-19-24-12-4-5-13-25(24)21-37-34)20-32(35)28-15-7-9-17-30(28)36(33)38-22-26;1-2-8-21(9-3-1)23-18-30-31-26-12-6-4-10-24(26)29(34-38-37-33(39-34)22-14-16-35-17-15-22)19-28(31)25-11-5-7-13-27(25)32(30)36-20-23/h1-26H;1-22H;1-20,33-34H. The molecule has 11 nitrogen and oxygen atoms in total.